The van der Waals surface area contributed by atoms with Gasteiger partial charge in [-0.15, -0.1) is 0 Å². The fourth-order valence-electron chi connectivity index (χ4n) is 5.94. The molecule has 0 radical (unpaired) electrons. The SMILES string of the molecule is O=S(=O)(O)c1ccc2c(c1)-c1nc-2nc2nc(nc3[nH]c(nc4[nH]c(n1)c1c(Cl)c(Cl)c(Cl)c(Cl)c41)c1ccccc31)-c1ccccc1-2. The number of nitrogens with one attached hydrogen (secondary N) is 2. The zero-order valence-electron chi connectivity index (χ0n) is 23.7. The maximum atomic E-state index is 12.2. The van der Waals surface area contributed by atoms with Gasteiger partial charge in [0, 0.05) is 33.0 Å². The van der Waals surface area contributed by atoms with Crippen molar-refractivity contribution in [2.75, 3.05) is 0 Å². The van der Waals surface area contributed by atoms with Crippen LogP contribution in [0.15, 0.2) is 71.6 Å². The Morgan fingerprint density at radius 2 is 0.938 bits per heavy atom. The zero-order chi connectivity index (χ0) is 33.1. The smallest absolute Gasteiger partial charge is 0.294 e. The second-order valence-electron chi connectivity index (χ2n) is 10.9. The van der Waals surface area contributed by atoms with Gasteiger partial charge in [0.1, 0.15) is 22.6 Å². The van der Waals surface area contributed by atoms with Crippen LogP contribution in [0.25, 0.3) is 89.7 Å². The maximum Gasteiger partial charge on any atom is 0.294 e. The Bertz CT molecular complexity index is 2890. The highest BCUT2D eigenvalue weighted by Gasteiger charge is 2.26. The topological polar surface area (TPSA) is 163 Å². The minimum absolute atomic E-state index is 0.00420. The third-order valence-electron chi connectivity index (χ3n) is 8.13. The van der Waals surface area contributed by atoms with Gasteiger partial charge in [-0.3, -0.25) is 4.55 Å². The molecule has 2 aliphatic heterocycles. The van der Waals surface area contributed by atoms with Crippen LogP contribution in [0, 0.1) is 0 Å². The first-order valence-electron chi connectivity index (χ1n) is 14.1. The third-order valence-corrected chi connectivity index (χ3v) is 10.8. The molecule has 5 heterocycles. The molecule has 0 amide bonds. The van der Waals surface area contributed by atoms with Crippen LogP contribution in [0.2, 0.25) is 20.1 Å². The highest BCUT2D eigenvalue weighted by Crippen LogP contribution is 2.46. The first-order valence-corrected chi connectivity index (χ1v) is 17.0. The quantitative estimate of drug-likeness (QED) is 0.0851. The zero-order valence-corrected chi connectivity index (χ0v) is 27.6. The Kier molecular flexibility index (Phi) is 6.38. The van der Waals surface area contributed by atoms with Crippen molar-refractivity contribution in [3.63, 3.8) is 0 Å². The molecule has 8 bridgehead atoms. The summed E-state index contributed by atoms with van der Waals surface area (Å²) in [7, 11) is -4.58. The van der Waals surface area contributed by atoms with E-state index in [0.29, 0.717) is 39.3 Å². The minimum Gasteiger partial charge on any atom is -0.324 e. The van der Waals surface area contributed by atoms with Gasteiger partial charge in [0.25, 0.3) is 10.1 Å². The summed E-state index contributed by atoms with van der Waals surface area (Å²) >= 11 is 26.6. The first-order chi connectivity index (χ1) is 23.1. The number of H-pyrrole nitrogens is 2. The number of aromatic amines is 2. The molecule has 48 heavy (non-hydrogen) atoms. The molecule has 2 aliphatic rings. The second kappa shape index (κ2) is 10.4. The van der Waals surface area contributed by atoms with Gasteiger partial charge in [-0.05, 0) is 18.2 Å². The molecule has 9 rings (SSSR count). The summed E-state index contributed by atoms with van der Waals surface area (Å²) in [6.45, 7) is 0. The van der Waals surface area contributed by atoms with Crippen molar-refractivity contribution in [3.05, 3.63) is 86.8 Å². The normalized spacial score (nSPS) is 12.4. The Hall–Kier alpha value is -4.69. The molecular weight excluding hydrogens is 718 g/mol. The van der Waals surface area contributed by atoms with Gasteiger partial charge in [-0.1, -0.05) is 94.9 Å². The van der Waals surface area contributed by atoms with E-state index in [1.165, 1.54) is 18.2 Å². The summed E-state index contributed by atoms with van der Waals surface area (Å²) in [5.74, 6) is 1.01. The second-order valence-corrected chi connectivity index (χ2v) is 13.8. The number of fused-ring (bicyclic) bond motifs is 20. The number of nitrogens with zero attached hydrogens (tertiary/aromatic N) is 6. The number of hydrogen-bond donors (Lipinski definition) is 3. The maximum absolute atomic E-state index is 12.2. The van der Waals surface area contributed by atoms with Crippen LogP contribution >= 0.6 is 46.4 Å². The highest BCUT2D eigenvalue weighted by molar-refractivity contribution is 7.85. The number of halogens is 4. The summed E-state index contributed by atoms with van der Waals surface area (Å²) in [4.78, 5) is 35.1. The molecule has 4 aromatic carbocycles. The molecule has 11 nitrogen and oxygen atoms in total. The minimum atomic E-state index is -4.58. The van der Waals surface area contributed by atoms with E-state index in [1.807, 2.05) is 48.5 Å². The van der Waals surface area contributed by atoms with Crippen LogP contribution < -0.4 is 0 Å². The molecular formula is C32H14Cl4N8O3S. The van der Waals surface area contributed by atoms with Crippen molar-refractivity contribution in [3.8, 4) is 45.6 Å². The molecule has 0 aliphatic carbocycles. The van der Waals surface area contributed by atoms with Gasteiger partial charge in [0.2, 0.25) is 0 Å². The van der Waals surface area contributed by atoms with Gasteiger partial charge in [0.15, 0.2) is 23.3 Å². The fraction of sp³-hybridized carbons (Fsp3) is 0. The largest absolute Gasteiger partial charge is 0.324 e. The van der Waals surface area contributed by atoms with E-state index < -0.39 is 10.1 Å². The van der Waals surface area contributed by atoms with E-state index in [-0.39, 0.29) is 53.5 Å². The lowest BCUT2D eigenvalue weighted by molar-refractivity contribution is 0.483. The summed E-state index contributed by atoms with van der Waals surface area (Å²) in [6.07, 6.45) is 0. The van der Waals surface area contributed by atoms with Crippen molar-refractivity contribution >= 4 is 101 Å². The fourth-order valence-corrected chi connectivity index (χ4v) is 7.48. The van der Waals surface area contributed by atoms with Crippen molar-refractivity contribution in [2.45, 2.75) is 4.90 Å². The third kappa shape index (κ3) is 4.34. The van der Waals surface area contributed by atoms with Crippen molar-refractivity contribution in [1.82, 2.24) is 39.9 Å². The van der Waals surface area contributed by atoms with Crippen molar-refractivity contribution in [2.24, 2.45) is 0 Å². The lowest BCUT2D eigenvalue weighted by Crippen LogP contribution is -1.98. The van der Waals surface area contributed by atoms with E-state index in [2.05, 4.69) is 9.97 Å². The number of hydrogen-bond acceptors (Lipinski definition) is 8. The highest BCUT2D eigenvalue weighted by atomic mass is 35.5. The van der Waals surface area contributed by atoms with Gasteiger partial charge < -0.3 is 9.97 Å². The molecule has 0 saturated heterocycles. The Balaban J connectivity index is 1.53. The van der Waals surface area contributed by atoms with Gasteiger partial charge in [-0.2, -0.15) is 8.42 Å². The Morgan fingerprint density at radius 1 is 0.500 bits per heavy atom. The van der Waals surface area contributed by atoms with Crippen LogP contribution in [0.4, 0.5) is 0 Å². The van der Waals surface area contributed by atoms with E-state index in [9.17, 15) is 13.0 Å². The van der Waals surface area contributed by atoms with Crippen LogP contribution in [0.3, 0.4) is 0 Å². The molecule has 3 aromatic heterocycles. The van der Waals surface area contributed by atoms with Crippen molar-refractivity contribution < 1.29 is 13.0 Å². The average Bonchev–Trinajstić information content (AvgIpc) is 3.81. The van der Waals surface area contributed by atoms with Crippen LogP contribution in [-0.2, 0) is 10.1 Å². The standard InChI is InChI=1S/C32H14Cl4N8O3S/c33-21-19-20(22(34)24(36)23(21)35)32-43-30-18-11-12(48(45,46)47)9-10-17(18)29(41-30)40-27-14-6-2-1-5-13(14)25(38-27)37-26-15-7-3-4-8-16(15)28(39-26)42-31(19)44-32/h1-11H,(H,45,46,47)(H2,37,38,39,40,41,42,43,44). The average molecular weight is 732 g/mol. The number of rotatable bonds is 1. The Labute approximate surface area is 289 Å². The van der Waals surface area contributed by atoms with E-state index >= 15 is 0 Å². The Morgan fingerprint density at radius 3 is 1.52 bits per heavy atom. The molecule has 0 unspecified atom stereocenters. The molecule has 16 heteroatoms. The van der Waals surface area contributed by atoms with E-state index in [0.717, 1.165) is 21.9 Å². The van der Waals surface area contributed by atoms with E-state index in [1.54, 1.807) is 0 Å². The predicted molar refractivity (Wildman–Crippen MR) is 186 cm³/mol. The van der Waals surface area contributed by atoms with Crippen LogP contribution in [0.1, 0.15) is 0 Å². The summed E-state index contributed by atoms with van der Waals surface area (Å²) in [5.41, 5.74) is 3.55. The summed E-state index contributed by atoms with van der Waals surface area (Å²) in [5, 5.41) is 2.36. The van der Waals surface area contributed by atoms with Crippen molar-refractivity contribution in [1.29, 1.82) is 0 Å². The van der Waals surface area contributed by atoms with E-state index in [4.69, 9.17) is 76.3 Å². The molecule has 234 valence electrons. The monoisotopic (exact) mass is 730 g/mol. The summed E-state index contributed by atoms with van der Waals surface area (Å²) < 4.78 is 34.2. The van der Waals surface area contributed by atoms with Gasteiger partial charge >= 0.3 is 0 Å². The van der Waals surface area contributed by atoms with Crippen LogP contribution in [0.5, 0.6) is 0 Å². The van der Waals surface area contributed by atoms with Gasteiger partial charge in [-0.25, -0.2) is 29.9 Å². The number of aromatic nitrogens is 8. The number of benzene rings is 4. The molecule has 0 spiro atoms. The summed E-state index contributed by atoms with van der Waals surface area (Å²) in [6, 6.07) is 19.1. The molecule has 3 N–H and O–H groups in total. The molecule has 7 aromatic rings. The molecule has 0 saturated carbocycles. The molecule has 0 fully saturated rings. The van der Waals surface area contributed by atoms with Crippen LogP contribution in [-0.4, -0.2) is 52.8 Å². The van der Waals surface area contributed by atoms with Gasteiger partial charge in [0.05, 0.1) is 35.8 Å². The lowest BCUT2D eigenvalue weighted by Gasteiger charge is -2.04. The first kappa shape index (κ1) is 29.4. The lowest BCUT2D eigenvalue weighted by atomic mass is 10.1. The predicted octanol–water partition coefficient (Wildman–Crippen LogP) is 8.73. The molecule has 0 atom stereocenters.